The predicted octanol–water partition coefficient (Wildman–Crippen LogP) is 1.84. The van der Waals surface area contributed by atoms with Crippen LogP contribution in [-0.4, -0.2) is 72.6 Å². The van der Waals surface area contributed by atoms with Gasteiger partial charge in [-0.2, -0.15) is 0 Å². The summed E-state index contributed by atoms with van der Waals surface area (Å²) in [7, 11) is 1.43. The summed E-state index contributed by atoms with van der Waals surface area (Å²) in [4.78, 5) is 30.7. The van der Waals surface area contributed by atoms with Crippen molar-refractivity contribution < 1.29 is 27.9 Å². The van der Waals surface area contributed by atoms with Gasteiger partial charge in [0.1, 0.15) is 24.6 Å². The van der Waals surface area contributed by atoms with Crippen molar-refractivity contribution in [3.8, 4) is 0 Å². The number of carbonyl (C=O) groups excluding carboxylic acids is 2. The minimum Gasteiger partial charge on any atom is -0.442 e. The molecule has 2 aliphatic rings. The molecular weight excluding hydrogens is 452 g/mol. The number of benzene rings is 1. The van der Waals surface area contributed by atoms with Gasteiger partial charge in [-0.15, -0.1) is 5.10 Å². The van der Waals surface area contributed by atoms with E-state index < -0.39 is 23.8 Å². The Labute approximate surface area is 194 Å². The Hall–Kier alpha value is -3.77. The van der Waals surface area contributed by atoms with Crippen LogP contribution < -0.4 is 15.1 Å². The maximum Gasteiger partial charge on any atom is 0.414 e. The molecule has 0 radical (unpaired) electrons. The number of hydrogen-bond donors (Lipinski definition) is 1. The molecule has 0 saturated carbocycles. The van der Waals surface area contributed by atoms with Gasteiger partial charge in [0.25, 0.3) is 0 Å². The summed E-state index contributed by atoms with van der Waals surface area (Å²) in [6.07, 6.45) is 3.11. The maximum atomic E-state index is 15.0. The second-order valence-electron chi connectivity index (χ2n) is 8.07. The van der Waals surface area contributed by atoms with E-state index in [0.717, 1.165) is 17.0 Å². The van der Waals surface area contributed by atoms with Gasteiger partial charge in [-0.05, 0) is 12.8 Å². The molecule has 0 aliphatic carbocycles. The zero-order chi connectivity index (χ0) is 24.2. The van der Waals surface area contributed by atoms with Gasteiger partial charge in [-0.1, -0.05) is 10.4 Å². The number of piperidine rings is 1. The van der Waals surface area contributed by atoms with Crippen molar-refractivity contribution >= 4 is 29.6 Å². The molecule has 3 heterocycles. The fourth-order valence-corrected chi connectivity index (χ4v) is 4.10. The van der Waals surface area contributed by atoms with Crippen molar-refractivity contribution in [3.63, 3.8) is 0 Å². The zero-order valence-corrected chi connectivity index (χ0v) is 18.8. The topological polar surface area (TPSA) is 114 Å². The molecule has 11 nitrogen and oxygen atoms in total. The fourth-order valence-electron chi connectivity index (χ4n) is 4.10. The van der Waals surface area contributed by atoms with Gasteiger partial charge in [0.15, 0.2) is 11.6 Å². The van der Waals surface area contributed by atoms with Crippen LogP contribution in [0.3, 0.4) is 0 Å². The van der Waals surface area contributed by atoms with Crippen LogP contribution >= 0.6 is 0 Å². The Morgan fingerprint density at radius 2 is 2.03 bits per heavy atom. The van der Waals surface area contributed by atoms with Gasteiger partial charge in [0.05, 0.1) is 37.2 Å². The zero-order valence-electron chi connectivity index (χ0n) is 18.8. The standard InChI is InChI=1S/C21H25F2N7O4/c1-13(31)24-10-17-12-29(21(32)34-17)16-7-18(22)20(19(23)8-16)28-5-3-15(4-6-28)30-11-14(26-27-30)9-25-33-2/h7-9,11,15,17H,3-6,10,12H2,1-2H3,(H,24,31)/b25-9+/t17-/m0/s1. The van der Waals surface area contributed by atoms with Gasteiger partial charge >= 0.3 is 6.09 Å². The number of aromatic nitrogens is 3. The predicted molar refractivity (Wildman–Crippen MR) is 118 cm³/mol. The summed E-state index contributed by atoms with van der Waals surface area (Å²) >= 11 is 0. The normalized spacial score (nSPS) is 19.1. The molecule has 13 heteroatoms. The van der Waals surface area contributed by atoms with Crippen LogP contribution in [0.2, 0.25) is 0 Å². The Balaban J connectivity index is 1.41. The van der Waals surface area contributed by atoms with E-state index in [-0.39, 0.29) is 36.4 Å². The molecule has 1 aromatic carbocycles. The number of carbonyl (C=O) groups is 2. The smallest absolute Gasteiger partial charge is 0.414 e. The minimum absolute atomic E-state index is 0.0405. The first kappa shape index (κ1) is 23.4. The molecule has 2 saturated heterocycles. The van der Waals surface area contributed by atoms with Gasteiger partial charge in [0.2, 0.25) is 5.91 Å². The number of hydrogen-bond acceptors (Lipinski definition) is 8. The molecule has 1 aromatic heterocycles. The summed E-state index contributed by atoms with van der Waals surface area (Å²) in [5.41, 5.74) is 0.490. The Morgan fingerprint density at radius 1 is 1.32 bits per heavy atom. The second kappa shape index (κ2) is 10.0. The minimum atomic E-state index is -0.759. The summed E-state index contributed by atoms with van der Waals surface area (Å²) in [6, 6.07) is 2.30. The van der Waals surface area contributed by atoms with E-state index in [4.69, 9.17) is 4.74 Å². The highest BCUT2D eigenvalue weighted by Gasteiger charge is 2.34. The van der Waals surface area contributed by atoms with Crippen LogP contribution in [-0.2, 0) is 14.4 Å². The van der Waals surface area contributed by atoms with Gasteiger partial charge in [-0.25, -0.2) is 18.3 Å². The van der Waals surface area contributed by atoms with E-state index in [9.17, 15) is 18.4 Å². The molecule has 2 amide bonds. The lowest BCUT2D eigenvalue weighted by Crippen LogP contribution is -2.36. The first-order valence-corrected chi connectivity index (χ1v) is 10.8. The molecule has 182 valence electrons. The molecule has 4 rings (SSSR count). The number of amides is 2. The molecule has 1 N–H and O–H groups in total. The highest BCUT2D eigenvalue weighted by atomic mass is 19.1. The molecular formula is C21H25F2N7O4. The van der Waals surface area contributed by atoms with Crippen LogP contribution in [0.15, 0.2) is 23.5 Å². The Morgan fingerprint density at radius 3 is 2.68 bits per heavy atom. The third kappa shape index (κ3) is 5.07. The van der Waals surface area contributed by atoms with Crippen LogP contribution in [0.1, 0.15) is 31.5 Å². The maximum absolute atomic E-state index is 15.0. The van der Waals surface area contributed by atoms with Crippen molar-refractivity contribution in [2.75, 3.05) is 43.1 Å². The van der Waals surface area contributed by atoms with Crippen molar-refractivity contribution in [1.82, 2.24) is 20.3 Å². The third-order valence-corrected chi connectivity index (χ3v) is 5.74. The molecule has 0 bridgehead atoms. The number of anilines is 2. The van der Waals surface area contributed by atoms with Gasteiger partial charge < -0.3 is 19.8 Å². The fraction of sp³-hybridized carbons (Fsp3) is 0.476. The second-order valence-corrected chi connectivity index (χ2v) is 8.07. The number of nitrogens with zero attached hydrogens (tertiary/aromatic N) is 6. The SMILES string of the molecule is CO/N=C/c1cn(C2CCN(c3c(F)cc(N4C[C@H](CNC(C)=O)OC4=O)cc3F)CC2)nn1. The lowest BCUT2D eigenvalue weighted by atomic mass is 10.0. The lowest BCUT2D eigenvalue weighted by Gasteiger charge is -2.34. The van der Waals surface area contributed by atoms with E-state index in [0.29, 0.717) is 31.6 Å². The van der Waals surface area contributed by atoms with Crippen molar-refractivity contribution in [3.05, 3.63) is 35.7 Å². The molecule has 2 fully saturated rings. The Kier molecular flexibility index (Phi) is 6.89. The molecule has 2 aromatic rings. The van der Waals surface area contributed by atoms with E-state index in [1.807, 2.05) is 0 Å². The van der Waals surface area contributed by atoms with Crippen molar-refractivity contribution in [2.45, 2.75) is 31.9 Å². The third-order valence-electron chi connectivity index (χ3n) is 5.74. The number of nitrogens with one attached hydrogen (secondary N) is 1. The molecule has 1 atom stereocenters. The van der Waals surface area contributed by atoms with Crippen LogP contribution in [0.4, 0.5) is 25.0 Å². The largest absolute Gasteiger partial charge is 0.442 e. The van der Waals surface area contributed by atoms with E-state index in [1.165, 1.54) is 20.2 Å². The number of ether oxygens (including phenoxy) is 1. The van der Waals surface area contributed by atoms with Crippen LogP contribution in [0.5, 0.6) is 0 Å². The van der Waals surface area contributed by atoms with E-state index >= 15 is 0 Å². The summed E-state index contributed by atoms with van der Waals surface area (Å²) in [5, 5.41) is 14.3. The summed E-state index contributed by atoms with van der Waals surface area (Å²) in [6.45, 7) is 2.40. The van der Waals surface area contributed by atoms with Crippen molar-refractivity contribution in [2.24, 2.45) is 5.16 Å². The molecule has 0 spiro atoms. The first-order valence-electron chi connectivity index (χ1n) is 10.8. The van der Waals surface area contributed by atoms with E-state index in [2.05, 4.69) is 25.6 Å². The highest BCUT2D eigenvalue weighted by Crippen LogP contribution is 2.34. The lowest BCUT2D eigenvalue weighted by molar-refractivity contribution is -0.119. The molecule has 2 aliphatic heterocycles. The van der Waals surface area contributed by atoms with E-state index in [1.54, 1.807) is 15.8 Å². The number of cyclic esters (lactones) is 1. The van der Waals surface area contributed by atoms with Crippen molar-refractivity contribution in [1.29, 1.82) is 0 Å². The number of rotatable bonds is 7. The van der Waals surface area contributed by atoms with Crippen LogP contribution in [0.25, 0.3) is 0 Å². The summed E-state index contributed by atoms with van der Waals surface area (Å²) in [5.74, 6) is -1.78. The number of halogens is 2. The first-order chi connectivity index (χ1) is 16.4. The molecule has 34 heavy (non-hydrogen) atoms. The molecule has 0 unspecified atom stereocenters. The van der Waals surface area contributed by atoms with Gasteiger partial charge in [0, 0.05) is 32.1 Å². The monoisotopic (exact) mass is 477 g/mol. The van der Waals surface area contributed by atoms with Gasteiger partial charge in [-0.3, -0.25) is 9.69 Å². The average molecular weight is 477 g/mol. The Bertz CT molecular complexity index is 1060. The average Bonchev–Trinajstić information content (AvgIpc) is 3.43. The number of oxime groups is 1. The highest BCUT2D eigenvalue weighted by molar-refractivity contribution is 5.90. The quantitative estimate of drug-likeness (QED) is 0.478. The van der Waals surface area contributed by atoms with Crippen LogP contribution in [0, 0.1) is 11.6 Å². The summed E-state index contributed by atoms with van der Waals surface area (Å²) < 4.78 is 36.9.